The van der Waals surface area contributed by atoms with Gasteiger partial charge in [-0.05, 0) is 37.1 Å². The van der Waals surface area contributed by atoms with Crippen molar-refractivity contribution >= 4 is 35.0 Å². The number of nitrogens with zero attached hydrogens (tertiary/aromatic N) is 1. The maximum absolute atomic E-state index is 13.8. The Morgan fingerprint density at radius 1 is 1.07 bits per heavy atom. The van der Waals surface area contributed by atoms with Gasteiger partial charge in [0.2, 0.25) is 5.91 Å². The normalized spacial score (nSPS) is 11.8. The molecule has 2 rings (SSSR count). The number of rotatable bonds is 9. The molecule has 30 heavy (non-hydrogen) atoms. The van der Waals surface area contributed by atoms with Crippen LogP contribution in [0.25, 0.3) is 0 Å². The summed E-state index contributed by atoms with van der Waals surface area (Å²) >= 11 is 12.5. The lowest BCUT2D eigenvalue weighted by Gasteiger charge is -2.29. The number of nitrogens with one attached hydrogen (secondary N) is 1. The standard InChI is InChI=1S/C22H25Cl2FN2O3/c1-14(2)11-26-22(29)15(3)27(12-16-17(23)7-6-8-18(16)24)21(28)13-30-20-10-5-4-9-19(20)25/h4-10,14-15H,11-13H2,1-3H3,(H,26,29). The Labute approximate surface area is 186 Å². The van der Waals surface area contributed by atoms with Crippen LogP contribution < -0.4 is 10.1 Å². The molecule has 0 aliphatic heterocycles. The molecule has 0 spiro atoms. The molecule has 162 valence electrons. The molecule has 2 aromatic rings. The van der Waals surface area contributed by atoms with Gasteiger partial charge in [0.1, 0.15) is 6.04 Å². The maximum atomic E-state index is 13.8. The Kier molecular flexibility index (Phi) is 8.93. The summed E-state index contributed by atoms with van der Waals surface area (Å²) in [4.78, 5) is 26.9. The summed E-state index contributed by atoms with van der Waals surface area (Å²) in [5, 5.41) is 3.57. The minimum atomic E-state index is -0.812. The van der Waals surface area contributed by atoms with E-state index in [0.717, 1.165) is 0 Å². The summed E-state index contributed by atoms with van der Waals surface area (Å²) in [5.74, 6) is -1.17. The molecule has 1 atom stereocenters. The minimum absolute atomic E-state index is 0.00817. The van der Waals surface area contributed by atoms with Gasteiger partial charge in [0.15, 0.2) is 18.2 Å². The van der Waals surface area contributed by atoms with Crippen LogP contribution in [0.3, 0.4) is 0 Å². The van der Waals surface area contributed by atoms with Crippen LogP contribution in [-0.2, 0) is 16.1 Å². The molecule has 0 fully saturated rings. The second kappa shape index (κ2) is 11.2. The molecular weight excluding hydrogens is 430 g/mol. The van der Waals surface area contributed by atoms with Crippen LogP contribution in [0.15, 0.2) is 42.5 Å². The Bertz CT molecular complexity index is 872. The molecule has 8 heteroatoms. The summed E-state index contributed by atoms with van der Waals surface area (Å²) in [6.07, 6.45) is 0. The number of carbonyl (C=O) groups is 2. The highest BCUT2D eigenvalue weighted by atomic mass is 35.5. The van der Waals surface area contributed by atoms with Gasteiger partial charge in [-0.1, -0.05) is 55.2 Å². The van der Waals surface area contributed by atoms with E-state index in [-0.39, 0.29) is 24.1 Å². The van der Waals surface area contributed by atoms with Crippen molar-refractivity contribution in [3.05, 3.63) is 63.9 Å². The van der Waals surface area contributed by atoms with Crippen molar-refractivity contribution in [3.63, 3.8) is 0 Å². The van der Waals surface area contributed by atoms with Crippen LogP contribution in [0, 0.1) is 11.7 Å². The monoisotopic (exact) mass is 454 g/mol. The first kappa shape index (κ1) is 24.0. The predicted molar refractivity (Wildman–Crippen MR) is 116 cm³/mol. The van der Waals surface area contributed by atoms with Gasteiger partial charge in [-0.25, -0.2) is 4.39 Å². The van der Waals surface area contributed by atoms with E-state index in [0.29, 0.717) is 22.2 Å². The van der Waals surface area contributed by atoms with Gasteiger partial charge in [0, 0.05) is 28.7 Å². The SMILES string of the molecule is CC(C)CNC(=O)C(C)N(Cc1c(Cl)cccc1Cl)C(=O)COc1ccccc1F. The quantitative estimate of drug-likeness (QED) is 0.597. The third-order valence-corrected chi connectivity index (χ3v) is 5.14. The molecule has 2 aromatic carbocycles. The van der Waals surface area contributed by atoms with Crippen LogP contribution in [0.4, 0.5) is 4.39 Å². The van der Waals surface area contributed by atoms with E-state index in [9.17, 15) is 14.0 Å². The van der Waals surface area contributed by atoms with Gasteiger partial charge in [-0.3, -0.25) is 9.59 Å². The summed E-state index contributed by atoms with van der Waals surface area (Å²) in [6.45, 7) is 5.60. The van der Waals surface area contributed by atoms with Crippen molar-refractivity contribution in [1.82, 2.24) is 10.2 Å². The zero-order valence-electron chi connectivity index (χ0n) is 17.1. The second-order valence-electron chi connectivity index (χ2n) is 7.26. The van der Waals surface area contributed by atoms with Crippen LogP contribution in [-0.4, -0.2) is 35.9 Å². The van der Waals surface area contributed by atoms with Gasteiger partial charge in [-0.2, -0.15) is 0 Å². The van der Waals surface area contributed by atoms with Gasteiger partial charge < -0.3 is 15.0 Å². The van der Waals surface area contributed by atoms with Crippen LogP contribution in [0.1, 0.15) is 26.3 Å². The molecule has 0 radical (unpaired) electrons. The van der Waals surface area contributed by atoms with Crippen molar-refractivity contribution in [3.8, 4) is 5.75 Å². The Morgan fingerprint density at radius 2 is 1.70 bits per heavy atom. The topological polar surface area (TPSA) is 58.6 Å². The van der Waals surface area contributed by atoms with E-state index in [1.54, 1.807) is 31.2 Å². The Hall–Kier alpha value is -2.31. The fraction of sp³-hybridized carbons (Fsp3) is 0.364. The van der Waals surface area contributed by atoms with Crippen LogP contribution >= 0.6 is 23.2 Å². The lowest BCUT2D eigenvalue weighted by molar-refractivity contribution is -0.142. The van der Waals surface area contributed by atoms with E-state index < -0.39 is 24.4 Å². The van der Waals surface area contributed by atoms with Crippen molar-refractivity contribution < 1.29 is 18.7 Å². The van der Waals surface area contributed by atoms with Crippen molar-refractivity contribution in [1.29, 1.82) is 0 Å². The van der Waals surface area contributed by atoms with Gasteiger partial charge in [0.25, 0.3) is 5.91 Å². The third-order valence-electron chi connectivity index (χ3n) is 4.43. The molecule has 1 unspecified atom stereocenters. The predicted octanol–water partition coefficient (Wildman–Crippen LogP) is 4.70. The van der Waals surface area contributed by atoms with Gasteiger partial charge >= 0.3 is 0 Å². The van der Waals surface area contributed by atoms with Gasteiger partial charge in [0.05, 0.1) is 0 Å². The fourth-order valence-corrected chi connectivity index (χ4v) is 3.19. The highest BCUT2D eigenvalue weighted by molar-refractivity contribution is 6.36. The first-order valence-corrected chi connectivity index (χ1v) is 10.3. The largest absolute Gasteiger partial charge is 0.481 e. The summed E-state index contributed by atoms with van der Waals surface area (Å²) < 4.78 is 19.1. The van der Waals surface area contributed by atoms with E-state index in [1.807, 2.05) is 13.8 Å². The lowest BCUT2D eigenvalue weighted by Crippen LogP contribution is -2.49. The maximum Gasteiger partial charge on any atom is 0.261 e. The Balaban J connectivity index is 2.22. The van der Waals surface area contributed by atoms with E-state index in [4.69, 9.17) is 27.9 Å². The van der Waals surface area contributed by atoms with Crippen molar-refractivity contribution in [2.24, 2.45) is 5.92 Å². The molecule has 2 amide bonds. The number of ether oxygens (including phenoxy) is 1. The fourth-order valence-electron chi connectivity index (χ4n) is 2.67. The lowest BCUT2D eigenvalue weighted by atomic mass is 10.1. The number of hydrogen-bond acceptors (Lipinski definition) is 3. The first-order chi connectivity index (χ1) is 14.2. The number of carbonyl (C=O) groups excluding carboxylic acids is 2. The van der Waals surface area contributed by atoms with E-state index in [1.165, 1.54) is 23.1 Å². The van der Waals surface area contributed by atoms with E-state index in [2.05, 4.69) is 5.32 Å². The molecule has 0 heterocycles. The number of amides is 2. The molecule has 1 N–H and O–H groups in total. The van der Waals surface area contributed by atoms with Crippen molar-refractivity contribution in [2.75, 3.05) is 13.2 Å². The van der Waals surface area contributed by atoms with E-state index >= 15 is 0 Å². The molecule has 0 bridgehead atoms. The molecule has 0 saturated carbocycles. The number of benzene rings is 2. The van der Waals surface area contributed by atoms with Crippen LogP contribution in [0.5, 0.6) is 5.75 Å². The smallest absolute Gasteiger partial charge is 0.261 e. The number of para-hydroxylation sites is 1. The zero-order valence-corrected chi connectivity index (χ0v) is 18.6. The number of hydrogen-bond donors (Lipinski definition) is 1. The summed E-state index contributed by atoms with van der Waals surface area (Å²) in [5.41, 5.74) is 0.517. The molecule has 0 aliphatic carbocycles. The summed E-state index contributed by atoms with van der Waals surface area (Å²) in [6, 6.07) is 9.99. The molecule has 5 nitrogen and oxygen atoms in total. The Morgan fingerprint density at radius 3 is 2.30 bits per heavy atom. The minimum Gasteiger partial charge on any atom is -0.481 e. The van der Waals surface area contributed by atoms with Gasteiger partial charge in [-0.15, -0.1) is 0 Å². The second-order valence-corrected chi connectivity index (χ2v) is 8.07. The first-order valence-electron chi connectivity index (χ1n) is 9.58. The average molecular weight is 455 g/mol. The summed E-state index contributed by atoms with van der Waals surface area (Å²) in [7, 11) is 0. The highest BCUT2D eigenvalue weighted by Crippen LogP contribution is 2.26. The third kappa shape index (κ3) is 6.61. The van der Waals surface area contributed by atoms with Crippen molar-refractivity contribution in [2.45, 2.75) is 33.4 Å². The molecule has 0 saturated heterocycles. The molecule has 0 aliphatic rings. The number of halogens is 3. The highest BCUT2D eigenvalue weighted by Gasteiger charge is 2.28. The van der Waals surface area contributed by atoms with Crippen LogP contribution in [0.2, 0.25) is 10.0 Å². The molecule has 0 aromatic heterocycles. The molecular formula is C22H25Cl2FN2O3. The average Bonchev–Trinajstić information content (AvgIpc) is 2.70. The zero-order chi connectivity index (χ0) is 22.3.